The van der Waals surface area contributed by atoms with Crippen molar-refractivity contribution in [2.45, 2.75) is 6.92 Å². The summed E-state index contributed by atoms with van der Waals surface area (Å²) in [5.41, 5.74) is 1.37. The first kappa shape index (κ1) is 17.4. The summed E-state index contributed by atoms with van der Waals surface area (Å²) in [6, 6.07) is 12.9. The molecule has 0 amide bonds. The number of H-pyrrole nitrogens is 1. The molecule has 0 atom stereocenters. The van der Waals surface area contributed by atoms with E-state index < -0.39 is 0 Å². The van der Waals surface area contributed by atoms with Crippen LogP contribution < -0.4 is 4.74 Å². The van der Waals surface area contributed by atoms with Gasteiger partial charge in [-0.05, 0) is 43.4 Å². The molecule has 0 radical (unpaired) electrons. The Morgan fingerprint density at radius 2 is 2.12 bits per heavy atom. The number of phenolic OH excluding ortho intramolecular Hbond substituents is 1. The first-order valence-electron chi connectivity index (χ1n) is 7.53. The van der Waals surface area contributed by atoms with Crippen molar-refractivity contribution in [3.8, 4) is 22.9 Å². The lowest BCUT2D eigenvalue weighted by molar-refractivity contribution is 0.318. The second-order valence-corrected chi connectivity index (χ2v) is 6.26. The Balaban J connectivity index is 2.01. The molecule has 2 aromatic carbocycles. The monoisotopic (exact) mass is 418 g/mol. The molecule has 8 heteroatoms. The van der Waals surface area contributed by atoms with Crippen LogP contribution in [0, 0.1) is 4.77 Å². The molecular weight excluding hydrogens is 404 g/mol. The van der Waals surface area contributed by atoms with E-state index in [4.69, 9.17) is 17.0 Å². The fourth-order valence-electron chi connectivity index (χ4n) is 2.25. The molecule has 1 heterocycles. The molecule has 0 aliphatic heterocycles. The van der Waals surface area contributed by atoms with Gasteiger partial charge in [0.05, 0.1) is 12.8 Å². The number of para-hydroxylation sites is 1. The Kier molecular flexibility index (Phi) is 5.30. The van der Waals surface area contributed by atoms with Crippen molar-refractivity contribution < 1.29 is 9.84 Å². The minimum absolute atomic E-state index is 0.0329. The average Bonchev–Trinajstić information content (AvgIpc) is 2.97. The van der Waals surface area contributed by atoms with Crippen LogP contribution in [0.5, 0.6) is 11.5 Å². The number of benzene rings is 2. The van der Waals surface area contributed by atoms with E-state index in [9.17, 15) is 5.11 Å². The van der Waals surface area contributed by atoms with Crippen molar-refractivity contribution in [2.24, 2.45) is 5.10 Å². The highest BCUT2D eigenvalue weighted by Crippen LogP contribution is 2.29. The number of aromatic hydroxyl groups is 1. The second-order valence-electron chi connectivity index (χ2n) is 5.02. The summed E-state index contributed by atoms with van der Waals surface area (Å²) >= 11 is 8.76. The molecule has 25 heavy (non-hydrogen) atoms. The van der Waals surface area contributed by atoms with Gasteiger partial charge in [-0.15, -0.1) is 0 Å². The van der Waals surface area contributed by atoms with Gasteiger partial charge in [0.2, 0.25) is 4.77 Å². The molecule has 0 aliphatic rings. The number of phenols is 1. The third-order valence-electron chi connectivity index (χ3n) is 3.41. The van der Waals surface area contributed by atoms with E-state index in [0.29, 0.717) is 28.5 Å². The van der Waals surface area contributed by atoms with Crippen LogP contribution in [0.3, 0.4) is 0 Å². The highest BCUT2D eigenvalue weighted by Gasteiger charge is 2.11. The normalized spacial score (nSPS) is 11.1. The molecule has 2 N–H and O–H groups in total. The van der Waals surface area contributed by atoms with Gasteiger partial charge in [0.15, 0.2) is 17.3 Å². The number of aromatic nitrogens is 3. The molecule has 0 saturated heterocycles. The Bertz CT molecular complexity index is 981. The minimum Gasteiger partial charge on any atom is -0.504 e. The van der Waals surface area contributed by atoms with Gasteiger partial charge in [-0.2, -0.15) is 14.9 Å². The van der Waals surface area contributed by atoms with E-state index in [2.05, 4.69) is 31.2 Å². The molecule has 6 nitrogen and oxygen atoms in total. The Hall–Kier alpha value is -2.45. The average molecular weight is 419 g/mol. The zero-order chi connectivity index (χ0) is 17.8. The number of halogens is 1. The van der Waals surface area contributed by atoms with Crippen molar-refractivity contribution >= 4 is 34.4 Å². The maximum atomic E-state index is 10.3. The quantitative estimate of drug-likeness (QED) is 0.476. The zero-order valence-electron chi connectivity index (χ0n) is 13.3. The molecule has 0 saturated carbocycles. The van der Waals surface area contributed by atoms with Crippen LogP contribution in [0.15, 0.2) is 52.0 Å². The number of hydrogen-bond donors (Lipinski definition) is 2. The predicted molar refractivity (Wildman–Crippen MR) is 103 cm³/mol. The SMILES string of the molecule is CCOc1cccc(C=Nn2c(-c3ccccc3Br)n[nH]c2=S)c1O. The second kappa shape index (κ2) is 7.62. The van der Waals surface area contributed by atoms with Crippen LogP contribution in [0.1, 0.15) is 12.5 Å². The third kappa shape index (κ3) is 3.64. The maximum absolute atomic E-state index is 10.3. The number of hydrogen-bond acceptors (Lipinski definition) is 5. The van der Waals surface area contributed by atoms with Gasteiger partial charge < -0.3 is 9.84 Å². The van der Waals surface area contributed by atoms with Crippen LogP contribution in [0.25, 0.3) is 11.4 Å². The van der Waals surface area contributed by atoms with Crippen LogP contribution in [0.4, 0.5) is 0 Å². The summed E-state index contributed by atoms with van der Waals surface area (Å²) in [4.78, 5) is 0. The summed E-state index contributed by atoms with van der Waals surface area (Å²) < 4.78 is 8.11. The van der Waals surface area contributed by atoms with Gasteiger partial charge in [-0.25, -0.2) is 5.10 Å². The van der Waals surface area contributed by atoms with E-state index in [1.807, 2.05) is 31.2 Å². The summed E-state index contributed by atoms with van der Waals surface area (Å²) in [6.45, 7) is 2.32. The molecule has 0 unspecified atom stereocenters. The third-order valence-corrected chi connectivity index (χ3v) is 4.36. The van der Waals surface area contributed by atoms with Crippen molar-refractivity contribution in [3.05, 3.63) is 57.3 Å². The smallest absolute Gasteiger partial charge is 0.216 e. The van der Waals surface area contributed by atoms with Crippen molar-refractivity contribution in [1.29, 1.82) is 0 Å². The zero-order valence-corrected chi connectivity index (χ0v) is 15.7. The molecular formula is C17H15BrN4O2S. The molecule has 128 valence electrons. The summed E-state index contributed by atoms with van der Waals surface area (Å²) in [6.07, 6.45) is 1.52. The molecule has 3 rings (SSSR count). The standard InChI is InChI=1S/C17H15BrN4O2S/c1-2-24-14-9-5-6-11(15(14)23)10-19-22-16(20-21-17(22)25)12-7-3-4-8-13(12)18/h3-10,23H,2H2,1H3,(H,21,25). The van der Waals surface area contributed by atoms with Crippen molar-refractivity contribution in [3.63, 3.8) is 0 Å². The van der Waals surface area contributed by atoms with Gasteiger partial charge >= 0.3 is 0 Å². The fraction of sp³-hybridized carbons (Fsp3) is 0.118. The van der Waals surface area contributed by atoms with Crippen LogP contribution >= 0.6 is 28.1 Å². The highest BCUT2D eigenvalue weighted by molar-refractivity contribution is 9.10. The Morgan fingerprint density at radius 3 is 2.88 bits per heavy atom. The van der Waals surface area contributed by atoms with E-state index in [-0.39, 0.29) is 5.75 Å². The van der Waals surface area contributed by atoms with E-state index in [0.717, 1.165) is 10.0 Å². The van der Waals surface area contributed by atoms with Crippen LogP contribution in [0.2, 0.25) is 0 Å². The summed E-state index contributed by atoms with van der Waals surface area (Å²) in [7, 11) is 0. The first-order valence-corrected chi connectivity index (χ1v) is 8.73. The number of ether oxygens (including phenoxy) is 1. The van der Waals surface area contributed by atoms with Crippen molar-refractivity contribution in [2.75, 3.05) is 6.61 Å². The minimum atomic E-state index is 0.0329. The largest absolute Gasteiger partial charge is 0.504 e. The summed E-state index contributed by atoms with van der Waals surface area (Å²) in [5, 5.41) is 21.6. The lowest BCUT2D eigenvalue weighted by Gasteiger charge is -2.07. The van der Waals surface area contributed by atoms with Crippen molar-refractivity contribution in [1.82, 2.24) is 14.9 Å². The predicted octanol–water partition coefficient (Wildman–Crippen LogP) is 4.36. The number of nitrogens with zero attached hydrogens (tertiary/aromatic N) is 3. The first-order chi connectivity index (χ1) is 12.1. The van der Waals surface area contributed by atoms with Gasteiger partial charge in [-0.1, -0.05) is 34.1 Å². The fourth-order valence-corrected chi connectivity index (χ4v) is 2.89. The molecule has 0 spiro atoms. The van der Waals surface area contributed by atoms with E-state index >= 15 is 0 Å². The lowest BCUT2D eigenvalue weighted by Crippen LogP contribution is -1.97. The number of rotatable bonds is 5. The Labute approximate surface area is 157 Å². The number of nitrogens with one attached hydrogen (secondary N) is 1. The molecule has 0 fully saturated rings. The Morgan fingerprint density at radius 1 is 1.32 bits per heavy atom. The number of aromatic amines is 1. The molecule has 3 aromatic rings. The van der Waals surface area contributed by atoms with E-state index in [1.165, 1.54) is 10.9 Å². The van der Waals surface area contributed by atoms with Gasteiger partial charge in [0.1, 0.15) is 0 Å². The topological polar surface area (TPSA) is 75.4 Å². The van der Waals surface area contributed by atoms with Crippen LogP contribution in [-0.4, -0.2) is 32.8 Å². The van der Waals surface area contributed by atoms with Gasteiger partial charge in [-0.3, -0.25) is 0 Å². The van der Waals surface area contributed by atoms with E-state index in [1.54, 1.807) is 18.2 Å². The summed E-state index contributed by atoms with van der Waals surface area (Å²) in [5.74, 6) is 1.01. The molecule has 0 bridgehead atoms. The molecule has 0 aliphatic carbocycles. The van der Waals surface area contributed by atoms with Gasteiger partial charge in [0, 0.05) is 15.6 Å². The highest BCUT2D eigenvalue weighted by atomic mass is 79.9. The molecule has 1 aromatic heterocycles. The van der Waals surface area contributed by atoms with Crippen LogP contribution in [-0.2, 0) is 0 Å². The maximum Gasteiger partial charge on any atom is 0.216 e. The lowest BCUT2D eigenvalue weighted by atomic mass is 10.2. The van der Waals surface area contributed by atoms with Gasteiger partial charge in [0.25, 0.3) is 0 Å².